The van der Waals surface area contributed by atoms with Crippen molar-refractivity contribution < 1.29 is 0 Å². The second kappa shape index (κ2) is 6.19. The average molecular weight is 238 g/mol. The fourth-order valence-corrected chi connectivity index (χ4v) is 3.70. The van der Waals surface area contributed by atoms with Crippen LogP contribution in [0.25, 0.3) is 0 Å². The predicted octanol–water partition coefficient (Wildman–Crippen LogP) is 3.03. The van der Waals surface area contributed by atoms with Crippen molar-refractivity contribution in [1.29, 1.82) is 0 Å². The van der Waals surface area contributed by atoms with Gasteiger partial charge in [-0.2, -0.15) is 0 Å². The molecule has 2 saturated carbocycles. The van der Waals surface area contributed by atoms with Gasteiger partial charge in [0.1, 0.15) is 0 Å². The zero-order valence-corrected chi connectivity index (χ0v) is 11.8. The Kier molecular flexibility index (Phi) is 4.87. The lowest BCUT2D eigenvalue weighted by Crippen LogP contribution is -2.54. The molecule has 0 aromatic carbocycles. The lowest BCUT2D eigenvalue weighted by molar-refractivity contribution is 0.0231. The normalized spacial score (nSPS) is 27.4. The Bertz CT molecular complexity index is 219. The van der Waals surface area contributed by atoms with Gasteiger partial charge in [-0.3, -0.25) is 0 Å². The number of nitrogens with one attached hydrogen (secondary N) is 1. The molecule has 17 heavy (non-hydrogen) atoms. The molecule has 100 valence electrons. The second-order valence-corrected chi connectivity index (χ2v) is 6.48. The minimum absolute atomic E-state index is 0.736. The molecular weight excluding hydrogens is 208 g/mol. The molecule has 1 spiro atoms. The molecule has 0 radical (unpaired) electrons. The van der Waals surface area contributed by atoms with Crippen LogP contribution >= 0.6 is 0 Å². The van der Waals surface area contributed by atoms with Gasteiger partial charge in [-0.1, -0.05) is 19.3 Å². The highest BCUT2D eigenvalue weighted by atomic mass is 15.0. The summed E-state index contributed by atoms with van der Waals surface area (Å²) in [4.78, 5) is 2.28. The summed E-state index contributed by atoms with van der Waals surface area (Å²) >= 11 is 0. The van der Waals surface area contributed by atoms with Gasteiger partial charge in [-0.05, 0) is 71.1 Å². The number of unbranched alkanes of at least 4 members (excludes halogenated alkanes) is 1. The molecule has 0 bridgehead atoms. The van der Waals surface area contributed by atoms with Crippen molar-refractivity contribution in [2.45, 2.75) is 63.8 Å². The molecule has 2 nitrogen and oxygen atoms in total. The summed E-state index contributed by atoms with van der Waals surface area (Å²) in [5.74, 6) is 0. The van der Waals surface area contributed by atoms with E-state index in [0.29, 0.717) is 0 Å². The Morgan fingerprint density at radius 3 is 2.41 bits per heavy atom. The zero-order valence-electron chi connectivity index (χ0n) is 11.8. The van der Waals surface area contributed by atoms with Gasteiger partial charge in [0, 0.05) is 6.04 Å². The summed E-state index contributed by atoms with van der Waals surface area (Å²) in [6.07, 6.45) is 13.1. The van der Waals surface area contributed by atoms with E-state index in [2.05, 4.69) is 24.3 Å². The minimum atomic E-state index is 0.736. The van der Waals surface area contributed by atoms with Gasteiger partial charge in [0.05, 0.1) is 0 Å². The third-order valence-corrected chi connectivity index (χ3v) is 4.94. The first-order valence-electron chi connectivity index (χ1n) is 7.61. The highest BCUT2D eigenvalue weighted by Gasteiger charge is 2.46. The largest absolute Gasteiger partial charge is 0.313 e. The van der Waals surface area contributed by atoms with E-state index in [1.807, 2.05) is 0 Å². The Morgan fingerprint density at radius 2 is 1.82 bits per heavy atom. The maximum Gasteiger partial charge on any atom is 0.0124 e. The van der Waals surface area contributed by atoms with Crippen LogP contribution < -0.4 is 5.32 Å². The third kappa shape index (κ3) is 3.45. The standard InChI is InChI=1S/C15H30N2/c1-17(2)13-7-6-12-16-14-8-11-15(14)9-4-3-5-10-15/h14,16H,3-13H2,1-2H3. The quantitative estimate of drug-likeness (QED) is 0.716. The van der Waals surface area contributed by atoms with E-state index >= 15 is 0 Å². The van der Waals surface area contributed by atoms with Crippen molar-refractivity contribution in [3.8, 4) is 0 Å². The maximum atomic E-state index is 3.83. The summed E-state index contributed by atoms with van der Waals surface area (Å²) in [7, 11) is 4.33. The molecule has 0 heterocycles. The number of nitrogens with zero attached hydrogens (tertiary/aromatic N) is 1. The van der Waals surface area contributed by atoms with Crippen LogP contribution in [-0.4, -0.2) is 38.1 Å². The minimum Gasteiger partial charge on any atom is -0.313 e. The molecule has 2 heteroatoms. The molecule has 0 amide bonds. The van der Waals surface area contributed by atoms with Gasteiger partial charge in [0.15, 0.2) is 0 Å². The molecule has 0 saturated heterocycles. The van der Waals surface area contributed by atoms with Crippen LogP contribution in [0.15, 0.2) is 0 Å². The van der Waals surface area contributed by atoms with Crippen molar-refractivity contribution in [1.82, 2.24) is 10.2 Å². The van der Waals surface area contributed by atoms with Crippen LogP contribution in [0.5, 0.6) is 0 Å². The van der Waals surface area contributed by atoms with Crippen LogP contribution in [0, 0.1) is 5.41 Å². The Balaban J connectivity index is 1.59. The SMILES string of the molecule is CN(C)CCCCNC1CCC12CCCCC2. The molecule has 1 unspecified atom stereocenters. The first-order chi connectivity index (χ1) is 8.23. The fourth-order valence-electron chi connectivity index (χ4n) is 3.70. The van der Waals surface area contributed by atoms with E-state index in [0.717, 1.165) is 11.5 Å². The predicted molar refractivity (Wildman–Crippen MR) is 74.3 cm³/mol. The van der Waals surface area contributed by atoms with Crippen LogP contribution in [0.4, 0.5) is 0 Å². The number of hydrogen-bond donors (Lipinski definition) is 1. The number of hydrogen-bond acceptors (Lipinski definition) is 2. The summed E-state index contributed by atoms with van der Waals surface area (Å²) in [6.45, 7) is 2.47. The molecule has 2 aliphatic rings. The van der Waals surface area contributed by atoms with Gasteiger partial charge in [-0.15, -0.1) is 0 Å². The molecule has 0 aliphatic heterocycles. The Labute approximate surface area is 107 Å². The van der Waals surface area contributed by atoms with Gasteiger partial charge in [-0.25, -0.2) is 0 Å². The van der Waals surface area contributed by atoms with Crippen molar-refractivity contribution in [2.75, 3.05) is 27.2 Å². The highest BCUT2D eigenvalue weighted by Crippen LogP contribution is 2.51. The van der Waals surface area contributed by atoms with E-state index < -0.39 is 0 Å². The monoisotopic (exact) mass is 238 g/mol. The Hall–Kier alpha value is -0.0800. The van der Waals surface area contributed by atoms with E-state index in [4.69, 9.17) is 0 Å². The van der Waals surface area contributed by atoms with E-state index in [1.54, 1.807) is 0 Å². The topological polar surface area (TPSA) is 15.3 Å². The van der Waals surface area contributed by atoms with Crippen molar-refractivity contribution in [3.63, 3.8) is 0 Å². The molecule has 0 aromatic rings. The first-order valence-corrected chi connectivity index (χ1v) is 7.61. The van der Waals surface area contributed by atoms with Gasteiger partial charge in [0.25, 0.3) is 0 Å². The van der Waals surface area contributed by atoms with Crippen LogP contribution in [0.2, 0.25) is 0 Å². The van der Waals surface area contributed by atoms with Crippen LogP contribution in [-0.2, 0) is 0 Å². The molecule has 1 N–H and O–H groups in total. The summed E-state index contributed by atoms with van der Waals surface area (Å²) in [5.41, 5.74) is 0.736. The van der Waals surface area contributed by atoms with Crippen LogP contribution in [0.3, 0.4) is 0 Å². The second-order valence-electron chi connectivity index (χ2n) is 6.48. The van der Waals surface area contributed by atoms with Gasteiger partial charge >= 0.3 is 0 Å². The van der Waals surface area contributed by atoms with Gasteiger partial charge in [0.2, 0.25) is 0 Å². The summed E-state index contributed by atoms with van der Waals surface area (Å²) in [5, 5.41) is 3.83. The molecular formula is C15H30N2. The van der Waals surface area contributed by atoms with E-state index in [9.17, 15) is 0 Å². The summed E-state index contributed by atoms with van der Waals surface area (Å²) < 4.78 is 0. The first kappa shape index (κ1) is 13.4. The number of rotatable bonds is 6. The molecule has 2 fully saturated rings. The smallest absolute Gasteiger partial charge is 0.0124 e. The Morgan fingerprint density at radius 1 is 1.06 bits per heavy atom. The van der Waals surface area contributed by atoms with Crippen molar-refractivity contribution in [3.05, 3.63) is 0 Å². The van der Waals surface area contributed by atoms with E-state index in [-0.39, 0.29) is 0 Å². The third-order valence-electron chi connectivity index (χ3n) is 4.94. The fraction of sp³-hybridized carbons (Fsp3) is 1.00. The lowest BCUT2D eigenvalue weighted by Gasteiger charge is -2.52. The lowest BCUT2D eigenvalue weighted by atomic mass is 9.57. The van der Waals surface area contributed by atoms with Gasteiger partial charge < -0.3 is 10.2 Å². The average Bonchev–Trinajstić information content (AvgIpc) is 2.33. The molecule has 1 atom stereocenters. The molecule has 2 rings (SSSR count). The summed E-state index contributed by atoms with van der Waals surface area (Å²) in [6, 6.07) is 0.863. The zero-order chi connectivity index (χ0) is 12.1. The molecule has 2 aliphatic carbocycles. The van der Waals surface area contributed by atoms with Crippen LogP contribution in [0.1, 0.15) is 57.8 Å². The van der Waals surface area contributed by atoms with Crippen molar-refractivity contribution in [2.24, 2.45) is 5.41 Å². The highest BCUT2D eigenvalue weighted by molar-refractivity contribution is 5.01. The van der Waals surface area contributed by atoms with Crippen molar-refractivity contribution >= 4 is 0 Å². The van der Waals surface area contributed by atoms with E-state index in [1.165, 1.54) is 70.9 Å². The maximum absolute atomic E-state index is 3.83. The molecule has 0 aromatic heterocycles.